The molecule has 0 aliphatic heterocycles. The number of azide groups is 1. The third-order valence-corrected chi connectivity index (χ3v) is 2.38. The maximum absolute atomic E-state index is 10.5. The molecule has 0 amide bonds. The van der Waals surface area contributed by atoms with Crippen molar-refractivity contribution in [2.24, 2.45) is 5.11 Å². The fraction of sp³-hybridized carbons (Fsp3) is 0. The Balaban J connectivity index is 3.24. The summed E-state index contributed by atoms with van der Waals surface area (Å²) in [5.41, 5.74) is 8.33. The Bertz CT molecular complexity index is 418. The summed E-state index contributed by atoms with van der Waals surface area (Å²) in [7, 11) is 6.14. The lowest BCUT2D eigenvalue weighted by Gasteiger charge is -1.98. The van der Waals surface area contributed by atoms with Crippen molar-refractivity contribution in [1.29, 1.82) is 0 Å². The summed E-state index contributed by atoms with van der Waals surface area (Å²) in [6, 6.07) is 3.96. The van der Waals surface area contributed by atoms with Crippen molar-refractivity contribution in [3.63, 3.8) is 0 Å². The number of nitro benzene ring substituents is 1. The van der Waals surface area contributed by atoms with Crippen molar-refractivity contribution in [2.75, 3.05) is 0 Å². The maximum Gasteiger partial charge on any atom is 0.284 e. The third kappa shape index (κ3) is 2.29. The highest BCUT2D eigenvalue weighted by Gasteiger charge is 2.13. The molecule has 0 spiro atoms. The monoisotopic (exact) mass is 230 g/mol. The molecule has 1 rings (SSSR count). The summed E-state index contributed by atoms with van der Waals surface area (Å²) in [6.45, 7) is 0. The molecule has 1 aromatic rings. The van der Waals surface area contributed by atoms with Crippen LogP contribution in [-0.2, 0) is 0 Å². The Morgan fingerprint density at radius 1 is 1.64 bits per heavy atom. The number of hydrogen-bond acceptors (Lipinski definition) is 4. The Morgan fingerprint density at radius 2 is 2.36 bits per heavy atom. The molecule has 0 fully saturated rings. The zero-order valence-corrected chi connectivity index (χ0v) is 8.20. The molecule has 0 unspecified atom stereocenters. The maximum atomic E-state index is 10.5. The average Bonchev–Trinajstić information content (AvgIpc) is 2.17. The van der Waals surface area contributed by atoms with Crippen molar-refractivity contribution in [1.82, 2.24) is 0 Å². The van der Waals surface area contributed by atoms with Crippen molar-refractivity contribution in [2.45, 2.75) is 4.90 Å². The zero-order chi connectivity index (χ0) is 10.6. The molecule has 14 heavy (non-hydrogen) atoms. The molecule has 8 heteroatoms. The number of nitro groups is 1. The Labute approximate surface area is 87.1 Å². The summed E-state index contributed by atoms with van der Waals surface area (Å²) in [6.07, 6.45) is 0. The van der Waals surface area contributed by atoms with E-state index in [4.69, 9.17) is 16.2 Å². The van der Waals surface area contributed by atoms with Crippen LogP contribution in [0, 0.1) is 10.1 Å². The topological polar surface area (TPSA) is 91.9 Å². The van der Waals surface area contributed by atoms with E-state index >= 15 is 0 Å². The van der Waals surface area contributed by atoms with Crippen LogP contribution in [0.4, 0.5) is 11.4 Å². The van der Waals surface area contributed by atoms with Gasteiger partial charge in [-0.3, -0.25) is 10.1 Å². The third-order valence-electron chi connectivity index (χ3n) is 1.38. The molecule has 0 saturated heterocycles. The standard InChI is InChI=1S/C6H3ClN4O2S/c7-14-6-3-4(9-10-8)1-2-5(6)11(12)13/h1-3H. The second-order valence-electron chi connectivity index (χ2n) is 2.18. The van der Waals surface area contributed by atoms with Crippen LogP contribution in [0.15, 0.2) is 28.2 Å². The van der Waals surface area contributed by atoms with E-state index in [0.29, 0.717) is 16.7 Å². The van der Waals surface area contributed by atoms with Gasteiger partial charge in [-0.1, -0.05) is 5.11 Å². The highest BCUT2D eigenvalue weighted by atomic mass is 35.7. The smallest absolute Gasteiger partial charge is 0.258 e. The second kappa shape index (κ2) is 4.71. The molecule has 0 atom stereocenters. The van der Waals surface area contributed by atoms with Gasteiger partial charge >= 0.3 is 0 Å². The van der Waals surface area contributed by atoms with Crippen molar-refractivity contribution < 1.29 is 4.92 Å². The lowest BCUT2D eigenvalue weighted by Crippen LogP contribution is -1.88. The van der Waals surface area contributed by atoms with Gasteiger partial charge in [-0.15, -0.1) is 0 Å². The predicted molar refractivity (Wildman–Crippen MR) is 53.6 cm³/mol. The number of hydrogen-bond donors (Lipinski definition) is 0. The van der Waals surface area contributed by atoms with Gasteiger partial charge in [0.1, 0.15) is 4.90 Å². The van der Waals surface area contributed by atoms with E-state index < -0.39 is 4.92 Å². The predicted octanol–water partition coefficient (Wildman–Crippen LogP) is 3.78. The van der Waals surface area contributed by atoms with Crippen LogP contribution in [0.3, 0.4) is 0 Å². The summed E-state index contributed by atoms with van der Waals surface area (Å²) >= 11 is 0. The van der Waals surface area contributed by atoms with E-state index in [9.17, 15) is 10.1 Å². The van der Waals surface area contributed by atoms with Gasteiger partial charge in [0.2, 0.25) is 0 Å². The van der Waals surface area contributed by atoms with Crippen molar-refractivity contribution in [3.8, 4) is 0 Å². The van der Waals surface area contributed by atoms with Gasteiger partial charge in [-0.25, -0.2) is 0 Å². The molecule has 0 aromatic heterocycles. The van der Waals surface area contributed by atoms with E-state index in [0.717, 1.165) is 0 Å². The fourth-order valence-electron chi connectivity index (χ4n) is 0.829. The molecular formula is C6H3ClN4O2S. The van der Waals surface area contributed by atoms with Crippen LogP contribution in [0.2, 0.25) is 0 Å². The Kier molecular flexibility index (Phi) is 3.58. The normalized spacial score (nSPS) is 9.21. The molecule has 0 bridgehead atoms. The first-order chi connectivity index (χ1) is 6.69. The van der Waals surface area contributed by atoms with E-state index in [1.54, 1.807) is 0 Å². The van der Waals surface area contributed by atoms with Gasteiger partial charge < -0.3 is 0 Å². The van der Waals surface area contributed by atoms with Gasteiger partial charge in [0.15, 0.2) is 0 Å². The minimum Gasteiger partial charge on any atom is -0.258 e. The van der Waals surface area contributed by atoms with Crippen LogP contribution < -0.4 is 0 Å². The molecule has 72 valence electrons. The molecular weight excluding hydrogens is 228 g/mol. The van der Waals surface area contributed by atoms with Crippen LogP contribution in [-0.4, -0.2) is 4.92 Å². The highest BCUT2D eigenvalue weighted by Crippen LogP contribution is 2.34. The van der Waals surface area contributed by atoms with Crippen LogP contribution in [0.5, 0.6) is 0 Å². The molecule has 0 radical (unpaired) electrons. The average molecular weight is 231 g/mol. The first-order valence-electron chi connectivity index (χ1n) is 3.31. The Hall–Kier alpha value is -1.43. The Morgan fingerprint density at radius 3 is 2.86 bits per heavy atom. The molecule has 0 aliphatic rings. The number of halogens is 1. The molecule has 0 N–H and O–H groups in total. The van der Waals surface area contributed by atoms with Gasteiger partial charge in [0.25, 0.3) is 5.69 Å². The zero-order valence-electron chi connectivity index (χ0n) is 6.62. The van der Waals surface area contributed by atoms with Crippen molar-refractivity contribution in [3.05, 3.63) is 38.8 Å². The van der Waals surface area contributed by atoms with Crippen LogP contribution in [0.25, 0.3) is 10.4 Å². The molecule has 0 aliphatic carbocycles. The summed E-state index contributed by atoms with van der Waals surface area (Å²) < 4.78 is 0. The van der Waals surface area contributed by atoms with Gasteiger partial charge in [0.05, 0.1) is 4.92 Å². The summed E-state index contributed by atoms with van der Waals surface area (Å²) in [4.78, 5) is 12.7. The summed E-state index contributed by atoms with van der Waals surface area (Å²) in [5, 5.41) is 13.8. The minimum atomic E-state index is -0.551. The number of rotatable bonds is 3. The van der Waals surface area contributed by atoms with Crippen molar-refractivity contribution >= 4 is 33.0 Å². The second-order valence-corrected chi connectivity index (χ2v) is 3.23. The SMILES string of the molecule is [N-]=[N+]=Nc1ccc([N+](=O)[O-])c(SCl)c1. The first-order valence-corrected chi connectivity index (χ1v) is 4.95. The van der Waals surface area contributed by atoms with Crippen LogP contribution >= 0.6 is 21.7 Å². The lowest BCUT2D eigenvalue weighted by molar-refractivity contribution is -0.387. The first kappa shape index (κ1) is 10.6. The van der Waals surface area contributed by atoms with Gasteiger partial charge in [-0.05, 0) is 39.3 Å². The van der Waals surface area contributed by atoms with Crippen LogP contribution in [0.1, 0.15) is 0 Å². The molecule has 0 saturated carbocycles. The van der Waals surface area contributed by atoms with Gasteiger partial charge in [-0.2, -0.15) is 0 Å². The van der Waals surface area contributed by atoms with E-state index in [1.807, 2.05) is 0 Å². The van der Waals surface area contributed by atoms with Gasteiger partial charge in [0, 0.05) is 16.7 Å². The minimum absolute atomic E-state index is 0.109. The fourth-order valence-corrected chi connectivity index (χ4v) is 1.59. The number of nitrogens with zero attached hydrogens (tertiary/aromatic N) is 4. The summed E-state index contributed by atoms with van der Waals surface area (Å²) in [5.74, 6) is 0. The molecule has 0 heterocycles. The van der Waals surface area contributed by atoms with E-state index in [-0.39, 0.29) is 10.6 Å². The number of benzene rings is 1. The van der Waals surface area contributed by atoms with E-state index in [1.165, 1.54) is 18.2 Å². The largest absolute Gasteiger partial charge is 0.284 e. The highest BCUT2D eigenvalue weighted by molar-refractivity contribution is 8.21. The lowest BCUT2D eigenvalue weighted by atomic mass is 10.3. The quantitative estimate of drug-likeness (QED) is 0.260. The molecule has 6 nitrogen and oxygen atoms in total. The van der Waals surface area contributed by atoms with E-state index in [2.05, 4.69) is 10.0 Å². The molecule has 1 aromatic carbocycles.